The average Bonchev–Trinajstić information content (AvgIpc) is 2.33. The van der Waals surface area contributed by atoms with Gasteiger partial charge in [0.05, 0.1) is 0 Å². The fraction of sp³-hybridized carbons (Fsp3) is 0. The summed E-state index contributed by atoms with van der Waals surface area (Å²) in [7, 11) is 0. The zero-order valence-electron chi connectivity index (χ0n) is 4.89. The van der Waals surface area contributed by atoms with E-state index in [0.717, 1.165) is 10.9 Å². The number of aromatic amines is 1. The second-order valence-electron chi connectivity index (χ2n) is 1.98. The Balaban J connectivity index is 0.000000500. The number of fused-ring (bicyclic) bond motifs is 1. The van der Waals surface area contributed by atoms with Crippen LogP contribution in [0.15, 0.2) is 30.5 Å². The molecule has 1 aromatic heterocycles. The standard InChI is InChI=1S/C8H6N.2Na.2H/c1-2-4-8-7(3-1)5-6-9-8;;;;/h1-4,6,9H;;;;. The third kappa shape index (κ3) is 2.62. The van der Waals surface area contributed by atoms with Gasteiger partial charge in [0.15, 0.2) is 0 Å². The van der Waals surface area contributed by atoms with Crippen LogP contribution in [0.3, 0.4) is 0 Å². The normalized spacial score (nSPS) is 8.36. The van der Waals surface area contributed by atoms with E-state index in [0.29, 0.717) is 0 Å². The van der Waals surface area contributed by atoms with E-state index in [2.05, 4.69) is 11.1 Å². The number of rotatable bonds is 0. The van der Waals surface area contributed by atoms with Crippen molar-refractivity contribution in [3.63, 3.8) is 0 Å². The first-order valence-electron chi connectivity index (χ1n) is 2.90. The van der Waals surface area contributed by atoms with Gasteiger partial charge in [0.25, 0.3) is 0 Å². The summed E-state index contributed by atoms with van der Waals surface area (Å²) in [6.45, 7) is 0. The summed E-state index contributed by atoms with van der Waals surface area (Å²) < 4.78 is 0. The molecular formula is C8H8NNa2. The van der Waals surface area contributed by atoms with Crippen LogP contribution < -0.4 is 0 Å². The molecule has 3 heteroatoms. The maximum atomic E-state index is 3.06. The zero-order chi connectivity index (χ0) is 6.10. The van der Waals surface area contributed by atoms with Gasteiger partial charge in [0.1, 0.15) is 0 Å². The Morgan fingerprint density at radius 3 is 2.55 bits per heavy atom. The number of hydrogen-bond donors (Lipinski definition) is 1. The molecule has 0 aliphatic rings. The van der Waals surface area contributed by atoms with Crippen LogP contribution in [-0.2, 0) is 0 Å². The van der Waals surface area contributed by atoms with E-state index in [-0.39, 0.29) is 59.1 Å². The molecule has 0 atom stereocenters. The number of benzene rings is 1. The van der Waals surface area contributed by atoms with Gasteiger partial charge in [-0.05, 0) is 6.07 Å². The third-order valence-electron chi connectivity index (χ3n) is 1.38. The molecule has 0 bridgehead atoms. The van der Waals surface area contributed by atoms with E-state index in [1.165, 1.54) is 0 Å². The smallest absolute Gasteiger partial charge is 0.0460 e. The first kappa shape index (κ1) is 11.8. The zero-order valence-corrected chi connectivity index (χ0v) is 4.89. The Morgan fingerprint density at radius 2 is 1.82 bits per heavy atom. The van der Waals surface area contributed by atoms with Crippen LogP contribution >= 0.6 is 0 Å². The van der Waals surface area contributed by atoms with Gasteiger partial charge >= 0.3 is 59.1 Å². The van der Waals surface area contributed by atoms with Gasteiger partial charge < -0.3 is 4.98 Å². The van der Waals surface area contributed by atoms with Crippen molar-refractivity contribution in [2.24, 2.45) is 0 Å². The number of H-pyrrole nitrogens is 1. The molecule has 11 heavy (non-hydrogen) atoms. The minimum atomic E-state index is 0. The van der Waals surface area contributed by atoms with Crippen LogP contribution in [-0.4, -0.2) is 64.1 Å². The number of para-hydroxylation sites is 1. The molecule has 0 aliphatic heterocycles. The summed E-state index contributed by atoms with van der Waals surface area (Å²) in [4.78, 5) is 3.06. The molecule has 1 radical (unpaired) electrons. The average molecular weight is 164 g/mol. The van der Waals surface area contributed by atoms with E-state index in [4.69, 9.17) is 0 Å². The van der Waals surface area contributed by atoms with Crippen molar-refractivity contribution in [1.29, 1.82) is 0 Å². The summed E-state index contributed by atoms with van der Waals surface area (Å²) >= 11 is 0. The minimum absolute atomic E-state index is 0. The molecule has 2 rings (SSSR count). The Labute approximate surface area is 110 Å². The van der Waals surface area contributed by atoms with E-state index < -0.39 is 0 Å². The Kier molecular flexibility index (Phi) is 5.79. The monoisotopic (exact) mass is 164 g/mol. The van der Waals surface area contributed by atoms with Gasteiger partial charge in [-0.25, -0.2) is 0 Å². The molecule has 0 aliphatic carbocycles. The maximum Gasteiger partial charge on any atom is 0.0460 e. The Hall–Kier alpha value is 0.760. The summed E-state index contributed by atoms with van der Waals surface area (Å²) in [5.74, 6) is 0. The molecule has 0 spiro atoms. The molecule has 2 aromatic rings. The molecule has 0 unspecified atom stereocenters. The second kappa shape index (κ2) is 5.41. The van der Waals surface area contributed by atoms with Crippen LogP contribution in [0, 0.1) is 6.07 Å². The minimum Gasteiger partial charge on any atom is -0.361 e. The third-order valence-corrected chi connectivity index (χ3v) is 1.38. The van der Waals surface area contributed by atoms with Crippen molar-refractivity contribution in [2.75, 3.05) is 0 Å². The Bertz CT molecular complexity index is 286. The molecule has 0 fully saturated rings. The number of hydrogen-bond acceptors (Lipinski definition) is 0. The van der Waals surface area contributed by atoms with Crippen molar-refractivity contribution in [2.45, 2.75) is 0 Å². The number of nitrogens with one attached hydrogen (secondary N) is 1. The van der Waals surface area contributed by atoms with Crippen molar-refractivity contribution in [3.8, 4) is 0 Å². The predicted octanol–water partition coefficient (Wildman–Crippen LogP) is 0.671. The molecule has 0 saturated carbocycles. The Morgan fingerprint density at radius 1 is 1.09 bits per heavy atom. The molecule has 0 saturated heterocycles. The molecule has 1 aromatic carbocycles. The van der Waals surface area contributed by atoms with Gasteiger partial charge in [-0.2, -0.15) is 0 Å². The fourth-order valence-electron chi connectivity index (χ4n) is 0.926. The SMILES string of the molecule is [NaH].[NaH].[c]1c[nH]c2ccccc12. The van der Waals surface area contributed by atoms with E-state index in [1.807, 2.05) is 30.5 Å². The van der Waals surface area contributed by atoms with E-state index >= 15 is 0 Å². The summed E-state index contributed by atoms with van der Waals surface area (Å²) in [5.41, 5.74) is 1.15. The second-order valence-corrected chi connectivity index (χ2v) is 1.98. The summed E-state index contributed by atoms with van der Waals surface area (Å²) in [6.07, 6.45) is 1.82. The molecule has 1 heterocycles. The van der Waals surface area contributed by atoms with Crippen molar-refractivity contribution < 1.29 is 0 Å². The quantitative estimate of drug-likeness (QED) is 0.551. The fourth-order valence-corrected chi connectivity index (χ4v) is 0.926. The van der Waals surface area contributed by atoms with Crippen LogP contribution in [0.1, 0.15) is 0 Å². The topological polar surface area (TPSA) is 15.8 Å². The summed E-state index contributed by atoms with van der Waals surface area (Å²) in [5, 5.41) is 1.15. The van der Waals surface area contributed by atoms with Crippen LogP contribution in [0.25, 0.3) is 10.9 Å². The molecule has 1 nitrogen and oxygen atoms in total. The van der Waals surface area contributed by atoms with Gasteiger partial charge in [-0.3, -0.25) is 0 Å². The first-order chi connectivity index (χ1) is 4.47. The van der Waals surface area contributed by atoms with Gasteiger partial charge in [0.2, 0.25) is 0 Å². The van der Waals surface area contributed by atoms with Gasteiger partial charge in [-0.1, -0.05) is 18.2 Å². The van der Waals surface area contributed by atoms with Gasteiger partial charge in [0, 0.05) is 23.2 Å². The molecular weight excluding hydrogens is 156 g/mol. The van der Waals surface area contributed by atoms with Crippen LogP contribution in [0.2, 0.25) is 0 Å². The largest absolute Gasteiger partial charge is 0.361 e. The van der Waals surface area contributed by atoms with E-state index in [1.54, 1.807) is 0 Å². The van der Waals surface area contributed by atoms with Crippen molar-refractivity contribution in [3.05, 3.63) is 36.5 Å². The maximum absolute atomic E-state index is 3.06. The molecule has 1 N–H and O–H groups in total. The van der Waals surface area contributed by atoms with Crippen molar-refractivity contribution in [1.82, 2.24) is 4.98 Å². The summed E-state index contributed by atoms with van der Waals surface area (Å²) in [6, 6.07) is 11.1. The number of aromatic nitrogens is 1. The van der Waals surface area contributed by atoms with E-state index in [9.17, 15) is 0 Å². The van der Waals surface area contributed by atoms with Crippen LogP contribution in [0.5, 0.6) is 0 Å². The molecule has 0 amide bonds. The van der Waals surface area contributed by atoms with Crippen LogP contribution in [0.4, 0.5) is 0 Å². The first-order valence-corrected chi connectivity index (χ1v) is 2.90. The van der Waals surface area contributed by atoms with Crippen molar-refractivity contribution >= 4 is 70.0 Å². The predicted molar refractivity (Wildman–Crippen MR) is 51.4 cm³/mol. The molecule has 47 valence electrons. The van der Waals surface area contributed by atoms with Gasteiger partial charge in [-0.15, -0.1) is 0 Å².